The molecule has 0 aliphatic carbocycles. The van der Waals surface area contributed by atoms with Crippen LogP contribution in [0.15, 0.2) is 24.3 Å². The van der Waals surface area contributed by atoms with Crippen LogP contribution in [0.25, 0.3) is 0 Å². The van der Waals surface area contributed by atoms with E-state index in [1.54, 1.807) is 0 Å². The molecule has 0 radical (unpaired) electrons. The molecule has 0 saturated carbocycles. The molecule has 1 fully saturated rings. The Hall–Kier alpha value is -1.06. The minimum absolute atomic E-state index is 0.0431. The molecule has 3 nitrogen and oxygen atoms in total. The van der Waals surface area contributed by atoms with E-state index in [9.17, 15) is 4.79 Å². The Bertz CT molecular complexity index is 458. The van der Waals surface area contributed by atoms with Crippen molar-refractivity contribution in [2.45, 2.75) is 51.7 Å². The van der Waals surface area contributed by atoms with Crippen LogP contribution >= 0.6 is 11.6 Å². The van der Waals surface area contributed by atoms with Gasteiger partial charge >= 0.3 is 0 Å². The molecule has 2 unspecified atom stereocenters. The van der Waals surface area contributed by atoms with E-state index in [0.717, 1.165) is 30.0 Å². The Labute approximate surface area is 126 Å². The summed E-state index contributed by atoms with van der Waals surface area (Å²) in [4.78, 5) is 14.6. The predicted molar refractivity (Wildman–Crippen MR) is 82.9 cm³/mol. The fourth-order valence-electron chi connectivity index (χ4n) is 2.76. The minimum Gasteiger partial charge on any atom is -0.335 e. The normalized spacial score (nSPS) is 21.4. The number of nitrogens with one attached hydrogen (secondary N) is 1. The fourth-order valence-corrected chi connectivity index (χ4v) is 2.89. The molecule has 1 aromatic rings. The molecule has 1 aliphatic rings. The van der Waals surface area contributed by atoms with E-state index in [2.05, 4.69) is 26.1 Å². The Balaban J connectivity index is 2.10. The molecule has 0 aromatic heterocycles. The highest BCUT2D eigenvalue weighted by Crippen LogP contribution is 2.26. The first-order valence-corrected chi connectivity index (χ1v) is 7.69. The van der Waals surface area contributed by atoms with Gasteiger partial charge in [-0.25, -0.2) is 0 Å². The summed E-state index contributed by atoms with van der Waals surface area (Å²) in [5.74, 6) is 0.215. The van der Waals surface area contributed by atoms with Crippen LogP contribution in [0.5, 0.6) is 0 Å². The summed E-state index contributed by atoms with van der Waals surface area (Å²) >= 11 is 5.92. The number of nitrogens with zero attached hydrogens (tertiary/aromatic N) is 1. The van der Waals surface area contributed by atoms with Crippen molar-refractivity contribution in [1.29, 1.82) is 0 Å². The van der Waals surface area contributed by atoms with Gasteiger partial charge in [-0.05, 0) is 37.5 Å². The number of hydrogen-bond donors (Lipinski definition) is 1. The lowest BCUT2D eigenvalue weighted by Gasteiger charge is -2.37. The number of carbonyl (C=O) groups excluding carboxylic acids is 1. The van der Waals surface area contributed by atoms with Crippen molar-refractivity contribution in [1.82, 2.24) is 10.2 Å². The van der Waals surface area contributed by atoms with Gasteiger partial charge in [0.25, 0.3) is 0 Å². The van der Waals surface area contributed by atoms with E-state index in [4.69, 9.17) is 11.6 Å². The molecule has 2 rings (SSSR count). The molecule has 1 N–H and O–H groups in total. The molecule has 1 heterocycles. The topological polar surface area (TPSA) is 32.3 Å². The van der Waals surface area contributed by atoms with Crippen LogP contribution < -0.4 is 5.32 Å². The average Bonchev–Trinajstić information content (AvgIpc) is 2.41. The van der Waals surface area contributed by atoms with Crippen LogP contribution in [0.2, 0.25) is 5.02 Å². The van der Waals surface area contributed by atoms with E-state index < -0.39 is 0 Å². The summed E-state index contributed by atoms with van der Waals surface area (Å²) < 4.78 is 0. The van der Waals surface area contributed by atoms with Crippen LogP contribution in [-0.4, -0.2) is 29.4 Å². The molecule has 1 aliphatic heterocycles. The number of likely N-dealkylation sites (tertiary alicyclic amines) is 1. The molecule has 110 valence electrons. The van der Waals surface area contributed by atoms with Gasteiger partial charge < -0.3 is 10.2 Å². The highest BCUT2D eigenvalue weighted by atomic mass is 35.5. The van der Waals surface area contributed by atoms with Gasteiger partial charge in [0.15, 0.2) is 0 Å². The van der Waals surface area contributed by atoms with Crippen molar-refractivity contribution in [3.63, 3.8) is 0 Å². The summed E-state index contributed by atoms with van der Waals surface area (Å²) in [6.45, 7) is 7.07. The van der Waals surface area contributed by atoms with Gasteiger partial charge in [0.05, 0.1) is 12.1 Å². The number of carbonyl (C=O) groups is 1. The summed E-state index contributed by atoms with van der Waals surface area (Å²) in [6.07, 6.45) is 1.98. The van der Waals surface area contributed by atoms with Crippen LogP contribution in [0.4, 0.5) is 0 Å². The summed E-state index contributed by atoms with van der Waals surface area (Å²) in [5.41, 5.74) is 1.13. The summed E-state index contributed by atoms with van der Waals surface area (Å²) in [5, 5.41) is 4.09. The highest BCUT2D eigenvalue weighted by molar-refractivity contribution is 6.30. The molecule has 0 spiro atoms. The second-order valence-electron chi connectivity index (χ2n) is 5.78. The maximum Gasteiger partial charge on any atom is 0.240 e. The molecular formula is C16H23ClN2O. The number of hydrogen-bond acceptors (Lipinski definition) is 2. The van der Waals surface area contributed by atoms with Gasteiger partial charge in [0.1, 0.15) is 0 Å². The van der Waals surface area contributed by atoms with Crippen LogP contribution in [0.1, 0.15) is 45.2 Å². The second-order valence-corrected chi connectivity index (χ2v) is 6.21. The Morgan fingerprint density at radius 2 is 1.90 bits per heavy atom. The SMILES string of the molecule is CC(C)NC1CCCN(C(C)c2ccc(Cl)cc2)C1=O. The first kappa shape index (κ1) is 15.3. The maximum absolute atomic E-state index is 12.6. The molecule has 0 bridgehead atoms. The zero-order valence-electron chi connectivity index (χ0n) is 12.4. The summed E-state index contributed by atoms with van der Waals surface area (Å²) in [7, 11) is 0. The van der Waals surface area contributed by atoms with E-state index >= 15 is 0 Å². The molecule has 1 amide bonds. The third-order valence-corrected chi connectivity index (χ3v) is 4.08. The van der Waals surface area contributed by atoms with E-state index in [1.165, 1.54) is 0 Å². The van der Waals surface area contributed by atoms with Gasteiger partial charge in [-0.15, -0.1) is 0 Å². The van der Waals surface area contributed by atoms with Gasteiger partial charge in [-0.1, -0.05) is 37.6 Å². The molecule has 1 aromatic carbocycles. The number of halogens is 1. The van der Waals surface area contributed by atoms with Crippen molar-refractivity contribution in [2.75, 3.05) is 6.54 Å². The van der Waals surface area contributed by atoms with Crippen molar-refractivity contribution in [3.8, 4) is 0 Å². The zero-order chi connectivity index (χ0) is 14.7. The van der Waals surface area contributed by atoms with Gasteiger partial charge in [0, 0.05) is 17.6 Å². The number of benzene rings is 1. The van der Waals surface area contributed by atoms with E-state index in [1.807, 2.05) is 29.2 Å². The van der Waals surface area contributed by atoms with Crippen molar-refractivity contribution < 1.29 is 4.79 Å². The van der Waals surface area contributed by atoms with Gasteiger partial charge in [-0.3, -0.25) is 4.79 Å². The summed E-state index contributed by atoms with van der Waals surface area (Å²) in [6, 6.07) is 8.14. The lowest BCUT2D eigenvalue weighted by atomic mass is 9.99. The Morgan fingerprint density at radius 1 is 1.25 bits per heavy atom. The maximum atomic E-state index is 12.6. The van der Waals surface area contributed by atoms with E-state index in [0.29, 0.717) is 6.04 Å². The fraction of sp³-hybridized carbons (Fsp3) is 0.562. The lowest BCUT2D eigenvalue weighted by Crippen LogP contribution is -2.52. The van der Waals surface area contributed by atoms with Crippen molar-refractivity contribution in [3.05, 3.63) is 34.9 Å². The zero-order valence-corrected chi connectivity index (χ0v) is 13.2. The van der Waals surface area contributed by atoms with Crippen LogP contribution in [0.3, 0.4) is 0 Å². The lowest BCUT2D eigenvalue weighted by molar-refractivity contribution is -0.138. The first-order valence-electron chi connectivity index (χ1n) is 7.31. The monoisotopic (exact) mass is 294 g/mol. The van der Waals surface area contributed by atoms with Gasteiger partial charge in [0.2, 0.25) is 5.91 Å². The third kappa shape index (κ3) is 3.53. The standard InChI is InChI=1S/C16H23ClN2O/c1-11(2)18-15-5-4-10-19(16(15)20)12(3)13-6-8-14(17)9-7-13/h6-9,11-12,15,18H,4-5,10H2,1-3H3. The van der Waals surface area contributed by atoms with E-state index in [-0.39, 0.29) is 18.0 Å². The largest absolute Gasteiger partial charge is 0.335 e. The van der Waals surface area contributed by atoms with Crippen LogP contribution in [0, 0.1) is 0 Å². The molecule has 2 atom stereocenters. The molecule has 4 heteroatoms. The smallest absolute Gasteiger partial charge is 0.240 e. The average molecular weight is 295 g/mol. The molecular weight excluding hydrogens is 272 g/mol. The Morgan fingerprint density at radius 3 is 2.50 bits per heavy atom. The first-order chi connectivity index (χ1) is 9.49. The highest BCUT2D eigenvalue weighted by Gasteiger charge is 2.32. The van der Waals surface area contributed by atoms with Crippen molar-refractivity contribution >= 4 is 17.5 Å². The van der Waals surface area contributed by atoms with Crippen molar-refractivity contribution in [2.24, 2.45) is 0 Å². The minimum atomic E-state index is -0.0431. The number of piperidine rings is 1. The third-order valence-electron chi connectivity index (χ3n) is 3.83. The van der Waals surface area contributed by atoms with Gasteiger partial charge in [-0.2, -0.15) is 0 Å². The predicted octanol–water partition coefficient (Wildman–Crippen LogP) is 3.39. The van der Waals surface area contributed by atoms with Crippen LogP contribution in [-0.2, 0) is 4.79 Å². The number of rotatable bonds is 4. The quantitative estimate of drug-likeness (QED) is 0.923. The second kappa shape index (κ2) is 6.59. The molecule has 1 saturated heterocycles. The molecule has 20 heavy (non-hydrogen) atoms. The Kier molecular flexibility index (Phi) is 5.06. The number of amides is 1.